The van der Waals surface area contributed by atoms with Crippen molar-refractivity contribution in [1.29, 1.82) is 0 Å². The molecule has 2 aromatic rings. The minimum Gasteiger partial charge on any atom is -0.464 e. The summed E-state index contributed by atoms with van der Waals surface area (Å²) in [6, 6.07) is 0.0295. The summed E-state index contributed by atoms with van der Waals surface area (Å²) in [7, 11) is 1.28. The Bertz CT molecular complexity index is 750. The highest BCUT2D eigenvalue weighted by molar-refractivity contribution is 5.88. The van der Waals surface area contributed by atoms with Gasteiger partial charge in [0.05, 0.1) is 37.8 Å². The first-order chi connectivity index (χ1) is 12.1. The Labute approximate surface area is 144 Å². The van der Waals surface area contributed by atoms with Gasteiger partial charge in [0.25, 0.3) is 0 Å². The van der Waals surface area contributed by atoms with Crippen LogP contribution >= 0.6 is 0 Å². The average Bonchev–Trinajstić information content (AvgIpc) is 3.17. The van der Waals surface area contributed by atoms with Gasteiger partial charge in [-0.05, 0) is 25.7 Å². The van der Waals surface area contributed by atoms with E-state index in [1.807, 2.05) is 10.9 Å². The van der Waals surface area contributed by atoms with Gasteiger partial charge in [-0.3, -0.25) is 4.68 Å². The second kappa shape index (κ2) is 7.32. The maximum atomic E-state index is 11.9. The maximum Gasteiger partial charge on any atom is 0.360 e. The number of carbonyl (C=O) groups excluding carboxylic acids is 2. The van der Waals surface area contributed by atoms with Crippen molar-refractivity contribution in [3.8, 4) is 0 Å². The molecule has 134 valence electrons. The second-order valence-electron chi connectivity index (χ2n) is 6.03. The van der Waals surface area contributed by atoms with E-state index in [1.54, 1.807) is 6.20 Å². The van der Waals surface area contributed by atoms with E-state index in [9.17, 15) is 9.59 Å². The van der Waals surface area contributed by atoms with E-state index in [4.69, 9.17) is 0 Å². The highest BCUT2D eigenvalue weighted by atomic mass is 16.5. The fraction of sp³-hybridized carbons (Fsp3) is 0.533. The van der Waals surface area contributed by atoms with E-state index in [1.165, 1.54) is 30.8 Å². The number of esters is 1. The van der Waals surface area contributed by atoms with E-state index >= 15 is 0 Å². The molecule has 0 spiro atoms. The molecular weight excluding hydrogens is 326 g/mol. The summed E-state index contributed by atoms with van der Waals surface area (Å²) in [5, 5.41) is 17.2. The van der Waals surface area contributed by atoms with Crippen LogP contribution in [0.2, 0.25) is 0 Å². The van der Waals surface area contributed by atoms with Gasteiger partial charge in [0.15, 0.2) is 5.69 Å². The maximum absolute atomic E-state index is 11.9. The highest BCUT2D eigenvalue weighted by Crippen LogP contribution is 2.39. The van der Waals surface area contributed by atoms with Gasteiger partial charge < -0.3 is 15.4 Å². The zero-order chi connectivity index (χ0) is 17.8. The van der Waals surface area contributed by atoms with E-state index in [-0.39, 0.29) is 11.7 Å². The molecule has 2 N–H and O–H groups in total. The van der Waals surface area contributed by atoms with Crippen molar-refractivity contribution >= 4 is 17.7 Å². The molecule has 10 heteroatoms. The summed E-state index contributed by atoms with van der Waals surface area (Å²) in [4.78, 5) is 23.2. The van der Waals surface area contributed by atoms with Crippen molar-refractivity contribution in [3.63, 3.8) is 0 Å². The molecule has 0 bridgehead atoms. The summed E-state index contributed by atoms with van der Waals surface area (Å²) < 4.78 is 7.90. The second-order valence-corrected chi connectivity index (χ2v) is 6.03. The molecule has 2 heterocycles. The van der Waals surface area contributed by atoms with E-state index in [0.717, 1.165) is 0 Å². The molecule has 2 amide bonds. The van der Waals surface area contributed by atoms with Crippen molar-refractivity contribution in [2.45, 2.75) is 32.4 Å². The molecule has 1 fully saturated rings. The highest BCUT2D eigenvalue weighted by Gasteiger charge is 2.29. The first-order valence-corrected chi connectivity index (χ1v) is 8.14. The smallest absolute Gasteiger partial charge is 0.360 e. The van der Waals surface area contributed by atoms with Crippen LogP contribution < -0.4 is 10.6 Å². The molecule has 1 saturated carbocycles. The van der Waals surface area contributed by atoms with Crippen LogP contribution in [0.4, 0.5) is 10.5 Å². The number of amides is 2. The lowest BCUT2D eigenvalue weighted by molar-refractivity contribution is 0.0594. The number of hydrogen-bond acceptors (Lipinski definition) is 6. The Morgan fingerprint density at radius 2 is 2.20 bits per heavy atom. The number of anilines is 1. The first kappa shape index (κ1) is 16.9. The lowest BCUT2D eigenvalue weighted by atomic mass is 10.2. The topological polar surface area (TPSA) is 116 Å². The predicted molar refractivity (Wildman–Crippen MR) is 88.0 cm³/mol. The summed E-state index contributed by atoms with van der Waals surface area (Å²) in [5.41, 5.74) is 0.780. The number of nitrogens with zero attached hydrogens (tertiary/aromatic N) is 5. The zero-order valence-corrected chi connectivity index (χ0v) is 14.2. The molecule has 0 aliphatic heterocycles. The quantitative estimate of drug-likeness (QED) is 0.723. The molecule has 1 atom stereocenters. The van der Waals surface area contributed by atoms with Crippen molar-refractivity contribution in [1.82, 2.24) is 30.1 Å². The molecule has 2 aromatic heterocycles. The summed E-state index contributed by atoms with van der Waals surface area (Å²) in [6.45, 7) is 2.85. The Balaban J connectivity index is 1.42. The van der Waals surface area contributed by atoms with Crippen molar-refractivity contribution in [2.24, 2.45) is 5.92 Å². The Morgan fingerprint density at radius 3 is 2.92 bits per heavy atom. The molecule has 3 rings (SSSR count). The van der Waals surface area contributed by atoms with Gasteiger partial charge >= 0.3 is 12.0 Å². The zero-order valence-electron chi connectivity index (χ0n) is 14.2. The third kappa shape index (κ3) is 4.34. The Kier molecular flexibility index (Phi) is 4.96. The largest absolute Gasteiger partial charge is 0.464 e. The van der Waals surface area contributed by atoms with Crippen LogP contribution in [-0.4, -0.2) is 50.4 Å². The average molecular weight is 347 g/mol. The number of rotatable bonds is 7. The van der Waals surface area contributed by atoms with Crippen LogP contribution in [0.5, 0.6) is 0 Å². The molecule has 1 aliphatic carbocycles. The standard InChI is InChI=1S/C15H21N7O3/c1-10(11-3-4-11)22-8-12(7-17-22)18-15(24)16-5-6-21-9-13(19-20-21)14(23)25-2/h7-11H,3-6H2,1-2H3,(H2,16,18,24). The lowest BCUT2D eigenvalue weighted by Gasteiger charge is -2.09. The van der Waals surface area contributed by atoms with Crippen molar-refractivity contribution < 1.29 is 14.3 Å². The van der Waals surface area contributed by atoms with Gasteiger partial charge in [-0.2, -0.15) is 5.10 Å². The van der Waals surface area contributed by atoms with Gasteiger partial charge in [0.2, 0.25) is 0 Å². The van der Waals surface area contributed by atoms with Crippen molar-refractivity contribution in [3.05, 3.63) is 24.3 Å². The van der Waals surface area contributed by atoms with Crippen LogP contribution in [0.15, 0.2) is 18.6 Å². The monoisotopic (exact) mass is 347 g/mol. The number of urea groups is 1. The van der Waals surface area contributed by atoms with Crippen molar-refractivity contribution in [2.75, 3.05) is 19.0 Å². The van der Waals surface area contributed by atoms with Crippen LogP contribution in [0, 0.1) is 5.92 Å². The third-order valence-corrected chi connectivity index (χ3v) is 4.14. The molecule has 1 aliphatic rings. The molecule has 0 radical (unpaired) electrons. The predicted octanol–water partition coefficient (Wildman–Crippen LogP) is 1.05. The molecule has 25 heavy (non-hydrogen) atoms. The number of hydrogen-bond donors (Lipinski definition) is 2. The van der Waals surface area contributed by atoms with E-state index in [0.29, 0.717) is 30.7 Å². The number of carbonyl (C=O) groups is 2. The van der Waals surface area contributed by atoms with Gasteiger partial charge in [-0.25, -0.2) is 14.3 Å². The minimum absolute atomic E-state index is 0.129. The summed E-state index contributed by atoms with van der Waals surface area (Å²) in [5.74, 6) is 0.147. The number of methoxy groups -OCH3 is 1. The summed E-state index contributed by atoms with van der Waals surface area (Å²) >= 11 is 0. The van der Waals surface area contributed by atoms with Gasteiger partial charge in [0, 0.05) is 12.7 Å². The molecule has 0 saturated heterocycles. The molecule has 10 nitrogen and oxygen atoms in total. The van der Waals surface area contributed by atoms with Crippen LogP contribution in [0.25, 0.3) is 0 Å². The van der Waals surface area contributed by atoms with Crippen LogP contribution in [0.1, 0.15) is 36.3 Å². The van der Waals surface area contributed by atoms with Gasteiger partial charge in [-0.15, -0.1) is 5.10 Å². The summed E-state index contributed by atoms with van der Waals surface area (Å²) in [6.07, 6.45) is 7.42. The normalized spacial score (nSPS) is 14.8. The molecule has 1 unspecified atom stereocenters. The van der Waals surface area contributed by atoms with Crippen LogP contribution in [-0.2, 0) is 11.3 Å². The fourth-order valence-electron chi connectivity index (χ4n) is 2.48. The van der Waals surface area contributed by atoms with Crippen LogP contribution in [0.3, 0.4) is 0 Å². The number of nitrogens with one attached hydrogen (secondary N) is 2. The Hall–Kier alpha value is -2.91. The lowest BCUT2D eigenvalue weighted by Crippen LogP contribution is -2.31. The molecular formula is C15H21N7O3. The Morgan fingerprint density at radius 1 is 1.40 bits per heavy atom. The fourth-order valence-corrected chi connectivity index (χ4v) is 2.48. The van der Waals surface area contributed by atoms with Gasteiger partial charge in [0.1, 0.15) is 0 Å². The van der Waals surface area contributed by atoms with E-state index < -0.39 is 5.97 Å². The first-order valence-electron chi connectivity index (χ1n) is 8.14. The minimum atomic E-state index is -0.547. The third-order valence-electron chi connectivity index (χ3n) is 4.14. The molecule has 0 aromatic carbocycles. The number of aromatic nitrogens is 5. The number of ether oxygens (including phenoxy) is 1. The SMILES string of the molecule is COC(=O)c1cn(CCNC(=O)Nc2cnn(C(C)C3CC3)c2)nn1. The van der Waals surface area contributed by atoms with E-state index in [2.05, 4.69) is 37.7 Å². The van der Waals surface area contributed by atoms with Gasteiger partial charge in [-0.1, -0.05) is 5.21 Å².